The maximum Gasteiger partial charge on any atom is 0.264 e. The van der Waals surface area contributed by atoms with Crippen LogP contribution in [0.15, 0.2) is 22.7 Å². The van der Waals surface area contributed by atoms with Crippen molar-refractivity contribution in [3.63, 3.8) is 0 Å². The lowest BCUT2D eigenvalue weighted by molar-refractivity contribution is 0.185. The van der Waals surface area contributed by atoms with Crippen molar-refractivity contribution in [3.8, 4) is 11.5 Å². The topological polar surface area (TPSA) is 77.6 Å². The number of hydrogen-bond acceptors (Lipinski definition) is 6. The second kappa shape index (κ2) is 5.73. The molecule has 1 saturated carbocycles. The zero-order chi connectivity index (χ0) is 14.8. The molecule has 0 aliphatic heterocycles. The average molecular weight is 290 g/mol. The van der Waals surface area contributed by atoms with Gasteiger partial charge in [0.2, 0.25) is 0 Å². The van der Waals surface area contributed by atoms with Gasteiger partial charge in [0.1, 0.15) is 11.5 Å². The summed E-state index contributed by atoms with van der Waals surface area (Å²) < 4.78 is 16.0. The van der Waals surface area contributed by atoms with E-state index in [9.17, 15) is 5.11 Å². The van der Waals surface area contributed by atoms with Crippen LogP contribution in [-0.4, -0.2) is 22.4 Å². The maximum absolute atomic E-state index is 9.78. The van der Waals surface area contributed by atoms with Crippen LogP contribution >= 0.6 is 0 Å². The molecule has 112 valence electrons. The van der Waals surface area contributed by atoms with Crippen molar-refractivity contribution in [2.75, 3.05) is 7.11 Å². The van der Waals surface area contributed by atoms with Gasteiger partial charge in [0, 0.05) is 17.5 Å². The number of benzene rings is 1. The monoisotopic (exact) mass is 290 g/mol. The summed E-state index contributed by atoms with van der Waals surface area (Å²) in [6.07, 6.45) is 1.62. The summed E-state index contributed by atoms with van der Waals surface area (Å²) in [5.74, 6) is 2.87. The summed E-state index contributed by atoms with van der Waals surface area (Å²) in [6.45, 7) is 1.86. The Hall–Kier alpha value is -2.08. The fourth-order valence-electron chi connectivity index (χ4n) is 2.09. The number of methoxy groups -OCH3 is 1. The molecule has 3 rings (SSSR count). The number of aliphatic hydroxyl groups excluding tert-OH is 1. The van der Waals surface area contributed by atoms with Crippen LogP contribution in [0.1, 0.15) is 49.1 Å². The van der Waals surface area contributed by atoms with Crippen LogP contribution in [0.5, 0.6) is 11.5 Å². The van der Waals surface area contributed by atoms with Crippen LogP contribution in [0.3, 0.4) is 0 Å². The zero-order valence-corrected chi connectivity index (χ0v) is 12.1. The molecule has 1 atom stereocenters. The van der Waals surface area contributed by atoms with Crippen LogP contribution in [0.25, 0.3) is 0 Å². The molecule has 1 aliphatic carbocycles. The van der Waals surface area contributed by atoms with Crippen molar-refractivity contribution in [3.05, 3.63) is 35.5 Å². The van der Waals surface area contributed by atoms with Gasteiger partial charge in [0.05, 0.1) is 13.2 Å². The third-order valence-corrected chi connectivity index (χ3v) is 3.45. The number of rotatable bonds is 6. The van der Waals surface area contributed by atoms with Crippen LogP contribution < -0.4 is 9.47 Å². The van der Waals surface area contributed by atoms with Gasteiger partial charge in [0.25, 0.3) is 5.89 Å². The first-order valence-electron chi connectivity index (χ1n) is 6.98. The summed E-state index contributed by atoms with van der Waals surface area (Å²) in [4.78, 5) is 4.31. The standard InChI is InChI=1S/C15H18N2O4/c1-9(18)12-6-5-11(19-2)7-13(12)20-8-14-16-15(17-21-14)10-3-4-10/h5-7,9-10,18H,3-4,8H2,1-2H3. The van der Waals surface area contributed by atoms with Crippen molar-refractivity contribution in [1.82, 2.24) is 10.1 Å². The van der Waals surface area contributed by atoms with Crippen molar-refractivity contribution in [2.24, 2.45) is 0 Å². The largest absolute Gasteiger partial charge is 0.497 e. The molecular weight excluding hydrogens is 272 g/mol. The fourth-order valence-corrected chi connectivity index (χ4v) is 2.09. The summed E-state index contributed by atoms with van der Waals surface area (Å²) in [6, 6.07) is 5.30. The van der Waals surface area contributed by atoms with E-state index in [1.807, 2.05) is 0 Å². The molecule has 0 radical (unpaired) electrons. The van der Waals surface area contributed by atoms with Crippen LogP contribution in [-0.2, 0) is 6.61 Å². The lowest BCUT2D eigenvalue weighted by Crippen LogP contribution is -2.02. The molecule has 0 bridgehead atoms. The van der Waals surface area contributed by atoms with Gasteiger partial charge >= 0.3 is 0 Å². The highest BCUT2D eigenvalue weighted by molar-refractivity contribution is 5.41. The second-order valence-corrected chi connectivity index (χ2v) is 5.19. The number of nitrogens with zero attached hydrogens (tertiary/aromatic N) is 2. The molecule has 1 unspecified atom stereocenters. The molecule has 0 amide bonds. The first-order valence-corrected chi connectivity index (χ1v) is 6.98. The molecule has 21 heavy (non-hydrogen) atoms. The molecule has 1 aromatic carbocycles. The van der Waals surface area contributed by atoms with E-state index in [2.05, 4.69) is 10.1 Å². The van der Waals surface area contributed by atoms with Gasteiger partial charge in [-0.1, -0.05) is 5.16 Å². The van der Waals surface area contributed by atoms with Crippen molar-refractivity contribution in [2.45, 2.75) is 38.4 Å². The smallest absolute Gasteiger partial charge is 0.264 e. The summed E-state index contributed by atoms with van der Waals surface area (Å²) in [5.41, 5.74) is 0.692. The Balaban J connectivity index is 1.73. The summed E-state index contributed by atoms with van der Waals surface area (Å²) in [7, 11) is 1.58. The Morgan fingerprint density at radius 2 is 2.24 bits per heavy atom. The third-order valence-electron chi connectivity index (χ3n) is 3.45. The molecule has 1 aromatic heterocycles. The highest BCUT2D eigenvalue weighted by Crippen LogP contribution is 2.38. The quantitative estimate of drug-likeness (QED) is 0.881. The van der Waals surface area contributed by atoms with E-state index in [-0.39, 0.29) is 6.61 Å². The Labute approximate surface area is 122 Å². The Morgan fingerprint density at radius 1 is 1.43 bits per heavy atom. The molecular formula is C15H18N2O4. The van der Waals surface area contributed by atoms with E-state index in [1.165, 1.54) is 0 Å². The van der Waals surface area contributed by atoms with E-state index in [0.29, 0.717) is 28.9 Å². The maximum atomic E-state index is 9.78. The number of aliphatic hydroxyl groups is 1. The van der Waals surface area contributed by atoms with Gasteiger partial charge in [-0.2, -0.15) is 4.98 Å². The molecule has 0 saturated heterocycles. The molecule has 1 N–H and O–H groups in total. The highest BCUT2D eigenvalue weighted by Gasteiger charge is 2.28. The predicted octanol–water partition coefficient (Wildman–Crippen LogP) is 2.59. The Kier molecular flexibility index (Phi) is 3.79. The van der Waals surface area contributed by atoms with E-state index >= 15 is 0 Å². The zero-order valence-electron chi connectivity index (χ0n) is 12.1. The van der Waals surface area contributed by atoms with Gasteiger partial charge in [0.15, 0.2) is 12.4 Å². The third kappa shape index (κ3) is 3.16. The summed E-state index contributed by atoms with van der Waals surface area (Å²) >= 11 is 0. The fraction of sp³-hybridized carbons (Fsp3) is 0.467. The Morgan fingerprint density at radius 3 is 2.90 bits per heavy atom. The van der Waals surface area contributed by atoms with Crippen molar-refractivity contribution < 1.29 is 19.1 Å². The van der Waals surface area contributed by atoms with E-state index in [4.69, 9.17) is 14.0 Å². The lowest BCUT2D eigenvalue weighted by atomic mass is 10.1. The normalized spacial score (nSPS) is 15.8. The van der Waals surface area contributed by atoms with Crippen LogP contribution in [0, 0.1) is 0 Å². The molecule has 2 aromatic rings. The number of hydrogen-bond donors (Lipinski definition) is 1. The van der Waals surface area contributed by atoms with E-state index in [0.717, 1.165) is 18.7 Å². The van der Waals surface area contributed by atoms with Gasteiger partial charge in [-0.05, 0) is 31.9 Å². The first kappa shape index (κ1) is 13.9. The molecule has 6 heteroatoms. The van der Waals surface area contributed by atoms with Crippen molar-refractivity contribution >= 4 is 0 Å². The minimum absolute atomic E-state index is 0.173. The average Bonchev–Trinajstić information content (AvgIpc) is 3.23. The minimum Gasteiger partial charge on any atom is -0.497 e. The summed E-state index contributed by atoms with van der Waals surface area (Å²) in [5, 5.41) is 13.7. The van der Waals surface area contributed by atoms with E-state index < -0.39 is 6.10 Å². The van der Waals surface area contributed by atoms with Crippen molar-refractivity contribution in [1.29, 1.82) is 0 Å². The predicted molar refractivity (Wildman–Crippen MR) is 74.2 cm³/mol. The molecule has 1 aliphatic rings. The first-order chi connectivity index (χ1) is 10.2. The van der Waals surface area contributed by atoms with Crippen LogP contribution in [0.4, 0.5) is 0 Å². The molecule has 6 nitrogen and oxygen atoms in total. The Bertz CT molecular complexity index is 620. The minimum atomic E-state index is -0.629. The highest BCUT2D eigenvalue weighted by atomic mass is 16.5. The van der Waals surface area contributed by atoms with Gasteiger partial charge in [-0.25, -0.2) is 0 Å². The molecule has 1 fully saturated rings. The van der Waals surface area contributed by atoms with Gasteiger partial charge in [-0.3, -0.25) is 0 Å². The van der Waals surface area contributed by atoms with E-state index in [1.54, 1.807) is 32.2 Å². The molecule has 0 spiro atoms. The second-order valence-electron chi connectivity index (χ2n) is 5.19. The van der Waals surface area contributed by atoms with Gasteiger partial charge in [-0.15, -0.1) is 0 Å². The SMILES string of the molecule is COc1ccc(C(C)O)c(OCc2nc(C3CC3)no2)c1. The van der Waals surface area contributed by atoms with Gasteiger partial charge < -0.3 is 19.1 Å². The number of ether oxygens (including phenoxy) is 2. The molecule has 1 heterocycles. The number of aromatic nitrogens is 2. The van der Waals surface area contributed by atoms with Crippen LogP contribution in [0.2, 0.25) is 0 Å². The lowest BCUT2D eigenvalue weighted by Gasteiger charge is -2.13.